The summed E-state index contributed by atoms with van der Waals surface area (Å²) in [5.41, 5.74) is 1.14. The number of nitrogens with zero attached hydrogens (tertiary/aromatic N) is 1. The van der Waals surface area contributed by atoms with Crippen molar-refractivity contribution < 1.29 is 17.3 Å². The molecule has 120 valence electrons. The molecule has 0 heterocycles. The van der Waals surface area contributed by atoms with Gasteiger partial charge < -0.3 is 8.92 Å². The van der Waals surface area contributed by atoms with Crippen LogP contribution < -0.4 is 8.92 Å². The Kier molecular flexibility index (Phi) is 4.92. The molecule has 0 bridgehead atoms. The molecule has 0 radical (unpaired) electrons. The first-order valence-corrected chi connectivity index (χ1v) is 8.44. The average Bonchev–Trinajstić information content (AvgIpc) is 2.49. The first-order chi connectivity index (χ1) is 10.8. The lowest BCUT2D eigenvalue weighted by Crippen LogP contribution is -2.11. The highest BCUT2D eigenvalue weighted by Crippen LogP contribution is 2.25. The van der Waals surface area contributed by atoms with Gasteiger partial charge in [0.2, 0.25) is 0 Å². The number of aryl methyl sites for hydroxylation is 1. The van der Waals surface area contributed by atoms with Crippen molar-refractivity contribution in [3.8, 4) is 17.6 Å². The molecule has 2 aromatic carbocycles. The Morgan fingerprint density at radius 3 is 2.26 bits per heavy atom. The van der Waals surface area contributed by atoms with E-state index < -0.39 is 10.1 Å². The van der Waals surface area contributed by atoms with Crippen LogP contribution in [-0.4, -0.2) is 14.5 Å². The van der Waals surface area contributed by atoms with Gasteiger partial charge in [-0.15, -0.1) is 0 Å². The first kappa shape index (κ1) is 16.8. The van der Waals surface area contributed by atoms with Crippen LogP contribution in [-0.2, 0) is 10.1 Å². The maximum Gasteiger partial charge on any atom is 0.339 e. The molecule has 23 heavy (non-hydrogen) atoms. The maximum absolute atomic E-state index is 12.3. The summed E-state index contributed by atoms with van der Waals surface area (Å²) >= 11 is 0. The topological polar surface area (TPSA) is 76.4 Å². The molecule has 0 unspecified atom stereocenters. The van der Waals surface area contributed by atoms with Gasteiger partial charge in [0.1, 0.15) is 16.4 Å². The molecule has 2 aromatic rings. The number of rotatable bonds is 5. The standard InChI is InChI=1S/C17H17NO4S/c1-12(2)21-17-9-8-16(10-13(17)3)23(19,20)22-15-6-4-14(11-18)5-7-15/h4-10,12H,1-3H3. The lowest BCUT2D eigenvalue weighted by Gasteiger charge is -2.13. The zero-order valence-electron chi connectivity index (χ0n) is 13.1. The minimum Gasteiger partial charge on any atom is -0.491 e. The SMILES string of the molecule is Cc1cc(S(=O)(=O)Oc2ccc(C#N)cc2)ccc1OC(C)C. The van der Waals surface area contributed by atoms with Crippen molar-refractivity contribution in [1.29, 1.82) is 5.26 Å². The monoisotopic (exact) mass is 331 g/mol. The van der Waals surface area contributed by atoms with E-state index in [-0.39, 0.29) is 16.7 Å². The third kappa shape index (κ3) is 4.24. The van der Waals surface area contributed by atoms with Gasteiger partial charge in [0.05, 0.1) is 17.7 Å². The van der Waals surface area contributed by atoms with Crippen LogP contribution in [0, 0.1) is 18.3 Å². The van der Waals surface area contributed by atoms with Crippen molar-refractivity contribution >= 4 is 10.1 Å². The second kappa shape index (κ2) is 6.71. The highest BCUT2D eigenvalue weighted by atomic mass is 32.2. The number of ether oxygens (including phenoxy) is 1. The highest BCUT2D eigenvalue weighted by molar-refractivity contribution is 7.87. The predicted molar refractivity (Wildman–Crippen MR) is 85.9 cm³/mol. The minimum atomic E-state index is -3.94. The van der Waals surface area contributed by atoms with Crippen molar-refractivity contribution in [3.05, 3.63) is 53.6 Å². The van der Waals surface area contributed by atoms with E-state index in [9.17, 15) is 8.42 Å². The number of hydrogen-bond acceptors (Lipinski definition) is 5. The van der Waals surface area contributed by atoms with Gasteiger partial charge >= 0.3 is 10.1 Å². The molecule has 6 heteroatoms. The molecule has 0 aliphatic heterocycles. The lowest BCUT2D eigenvalue weighted by molar-refractivity contribution is 0.240. The second-order valence-corrected chi connectivity index (χ2v) is 6.81. The summed E-state index contributed by atoms with van der Waals surface area (Å²) in [7, 11) is -3.94. The molecule has 5 nitrogen and oxygen atoms in total. The Morgan fingerprint density at radius 1 is 1.09 bits per heavy atom. The molecule has 0 aliphatic rings. The summed E-state index contributed by atoms with van der Waals surface area (Å²) in [4.78, 5) is 0.0514. The summed E-state index contributed by atoms with van der Waals surface area (Å²) in [6.07, 6.45) is 0.00561. The van der Waals surface area contributed by atoms with Crippen LogP contribution in [0.15, 0.2) is 47.4 Å². The molecule has 0 atom stereocenters. The van der Waals surface area contributed by atoms with Gasteiger partial charge in [-0.3, -0.25) is 0 Å². The molecule has 0 spiro atoms. The molecule has 0 amide bonds. The molecule has 0 saturated carbocycles. The van der Waals surface area contributed by atoms with Crippen LogP contribution >= 0.6 is 0 Å². The van der Waals surface area contributed by atoms with E-state index in [1.54, 1.807) is 13.0 Å². The molecule has 0 N–H and O–H groups in total. The first-order valence-electron chi connectivity index (χ1n) is 7.04. The molecule has 2 rings (SSSR count). The minimum absolute atomic E-state index is 0.00561. The van der Waals surface area contributed by atoms with Gasteiger partial charge in [-0.2, -0.15) is 13.7 Å². The molecular weight excluding hydrogens is 314 g/mol. The van der Waals surface area contributed by atoms with Crippen molar-refractivity contribution in [1.82, 2.24) is 0 Å². The third-order valence-electron chi connectivity index (χ3n) is 2.99. The number of hydrogen-bond donors (Lipinski definition) is 0. The van der Waals surface area contributed by atoms with E-state index in [0.717, 1.165) is 0 Å². The highest BCUT2D eigenvalue weighted by Gasteiger charge is 2.18. The van der Waals surface area contributed by atoms with Gasteiger partial charge in [-0.1, -0.05) is 0 Å². The van der Waals surface area contributed by atoms with Gasteiger partial charge in [-0.25, -0.2) is 0 Å². The van der Waals surface area contributed by atoms with Gasteiger partial charge in [0.15, 0.2) is 0 Å². The van der Waals surface area contributed by atoms with Gasteiger partial charge in [-0.05, 0) is 68.8 Å². The number of nitriles is 1. The van der Waals surface area contributed by atoms with Gasteiger partial charge in [0.25, 0.3) is 0 Å². The molecule has 0 aromatic heterocycles. The Labute approximate surface area is 136 Å². The van der Waals surface area contributed by atoms with Crippen LogP contribution in [0.25, 0.3) is 0 Å². The Bertz CT molecular complexity index is 834. The lowest BCUT2D eigenvalue weighted by atomic mass is 10.2. The zero-order chi connectivity index (χ0) is 17.0. The summed E-state index contributed by atoms with van der Waals surface area (Å²) in [5, 5.41) is 8.74. The second-order valence-electron chi connectivity index (χ2n) is 5.27. The predicted octanol–water partition coefficient (Wildman–Crippen LogP) is 3.42. The van der Waals surface area contributed by atoms with E-state index in [0.29, 0.717) is 16.9 Å². The molecule has 0 aliphatic carbocycles. The van der Waals surface area contributed by atoms with E-state index in [4.69, 9.17) is 14.2 Å². The van der Waals surface area contributed by atoms with E-state index in [1.807, 2.05) is 19.9 Å². The fraction of sp³-hybridized carbons (Fsp3) is 0.235. The van der Waals surface area contributed by atoms with E-state index >= 15 is 0 Å². The molecule has 0 fully saturated rings. The number of benzene rings is 2. The van der Waals surface area contributed by atoms with Crippen LogP contribution in [0.1, 0.15) is 25.0 Å². The van der Waals surface area contributed by atoms with E-state index in [2.05, 4.69) is 0 Å². The normalized spacial score (nSPS) is 11.1. The van der Waals surface area contributed by atoms with E-state index in [1.165, 1.54) is 36.4 Å². The van der Waals surface area contributed by atoms with Crippen molar-refractivity contribution in [2.45, 2.75) is 31.8 Å². The average molecular weight is 331 g/mol. The van der Waals surface area contributed by atoms with Crippen LogP contribution in [0.3, 0.4) is 0 Å². The smallest absolute Gasteiger partial charge is 0.339 e. The Hall–Kier alpha value is -2.52. The van der Waals surface area contributed by atoms with Crippen molar-refractivity contribution in [2.75, 3.05) is 0 Å². The van der Waals surface area contributed by atoms with Crippen LogP contribution in [0.4, 0.5) is 0 Å². The zero-order valence-corrected chi connectivity index (χ0v) is 13.9. The maximum atomic E-state index is 12.3. The van der Waals surface area contributed by atoms with Crippen LogP contribution in [0.5, 0.6) is 11.5 Å². The summed E-state index contributed by atoms with van der Waals surface area (Å²) in [5.74, 6) is 0.793. The Morgan fingerprint density at radius 2 is 1.74 bits per heavy atom. The quantitative estimate of drug-likeness (QED) is 0.785. The van der Waals surface area contributed by atoms with Crippen molar-refractivity contribution in [2.24, 2.45) is 0 Å². The third-order valence-corrected chi connectivity index (χ3v) is 4.23. The van der Waals surface area contributed by atoms with Crippen molar-refractivity contribution in [3.63, 3.8) is 0 Å². The molecule has 0 saturated heterocycles. The summed E-state index contributed by atoms with van der Waals surface area (Å²) < 4.78 is 35.3. The Balaban J connectivity index is 2.25. The molecular formula is C17H17NO4S. The van der Waals surface area contributed by atoms with Crippen LogP contribution in [0.2, 0.25) is 0 Å². The fourth-order valence-electron chi connectivity index (χ4n) is 1.92. The van der Waals surface area contributed by atoms with Gasteiger partial charge in [0, 0.05) is 0 Å². The fourth-order valence-corrected chi connectivity index (χ4v) is 2.94. The largest absolute Gasteiger partial charge is 0.491 e. The summed E-state index contributed by atoms with van der Waals surface area (Å²) in [6.45, 7) is 5.58. The summed E-state index contributed by atoms with van der Waals surface area (Å²) in [6, 6.07) is 12.4.